The number of benzene rings is 2. The van der Waals surface area contributed by atoms with E-state index in [1.807, 2.05) is 77.5 Å². The van der Waals surface area contributed by atoms with Crippen LogP contribution in [0, 0.1) is 11.4 Å². The molecule has 3 N–H and O–H groups in total. The molecule has 0 spiro atoms. The van der Waals surface area contributed by atoms with Gasteiger partial charge in [-0.2, -0.15) is 0 Å². The highest BCUT2D eigenvalue weighted by Gasteiger charge is 2.31. The van der Waals surface area contributed by atoms with Crippen LogP contribution < -0.4 is 15.0 Å². The minimum Gasteiger partial charge on any atom is -0.505 e. The molecule has 0 aliphatic carbocycles. The molecule has 30 heavy (non-hydrogen) atoms. The van der Waals surface area contributed by atoms with E-state index >= 15 is 0 Å². The van der Waals surface area contributed by atoms with Crippen LogP contribution in [0.15, 0.2) is 79.3 Å². The van der Waals surface area contributed by atoms with Crippen LogP contribution in [-0.2, 0) is 18.0 Å². The minimum atomic E-state index is -0.00662. The van der Waals surface area contributed by atoms with Crippen LogP contribution in [0.2, 0.25) is 0 Å². The van der Waals surface area contributed by atoms with Crippen molar-refractivity contribution >= 4 is 33.4 Å². The van der Waals surface area contributed by atoms with Gasteiger partial charge in [0.2, 0.25) is 0 Å². The number of nitrogens with one attached hydrogen (secondary N) is 1. The summed E-state index contributed by atoms with van der Waals surface area (Å²) in [6, 6.07) is 20.4. The highest BCUT2D eigenvalue weighted by Crippen LogP contribution is 2.24. The lowest BCUT2D eigenvalue weighted by atomic mass is 10.0. The number of H-pyrrole nitrogens is 1. The summed E-state index contributed by atoms with van der Waals surface area (Å²) in [5.74, 6) is 0.731. The first kappa shape index (κ1) is 18.4. The van der Waals surface area contributed by atoms with E-state index in [0.717, 1.165) is 33.2 Å². The summed E-state index contributed by atoms with van der Waals surface area (Å²) >= 11 is 1.55. The Bertz CT molecular complexity index is 1210. The van der Waals surface area contributed by atoms with Gasteiger partial charge in [0, 0.05) is 6.20 Å². The molecule has 5 rings (SSSR count). The summed E-state index contributed by atoms with van der Waals surface area (Å²) in [5, 5.41) is 5.72. The molecule has 1 aliphatic heterocycles. The smallest absolute Gasteiger partial charge is 0.277 e. The second kappa shape index (κ2) is 8.02. The Balaban J connectivity index is 1.34. The predicted molar refractivity (Wildman–Crippen MR) is 116 cm³/mol. The molecule has 0 amide bonds. The normalized spacial score (nSPS) is 13.2. The van der Waals surface area contributed by atoms with Gasteiger partial charge in [-0.3, -0.25) is 4.98 Å². The fraction of sp³-hybridized carbons (Fsp3) is 0.0417. The number of Topliss-reactive ketones (excluding diaryl/α,β-unsaturated/α-hetero) is 1. The van der Waals surface area contributed by atoms with Crippen molar-refractivity contribution in [1.82, 2.24) is 4.98 Å². The largest absolute Gasteiger partial charge is 0.505 e. The van der Waals surface area contributed by atoms with Crippen LogP contribution in [0.1, 0.15) is 21.5 Å². The van der Waals surface area contributed by atoms with E-state index in [1.165, 1.54) is 0 Å². The molecule has 0 saturated carbocycles. The summed E-state index contributed by atoms with van der Waals surface area (Å²) in [4.78, 5) is 20.5. The first-order valence-corrected chi connectivity index (χ1v) is 10.5. The van der Waals surface area contributed by atoms with E-state index in [9.17, 15) is 4.79 Å². The average molecular weight is 414 g/mol. The maximum absolute atomic E-state index is 13.2. The van der Waals surface area contributed by atoms with Gasteiger partial charge in [0.1, 0.15) is 12.1 Å². The number of hydrogen-bond donors (Lipinski definition) is 1. The SMILES string of the molecule is O=C(c1c[nH+][c-]2ccc(OCc3ccccc3)cc12)[C-]1C=[S+][C-](c2cccnc2)[NH2+]1. The third kappa shape index (κ3) is 3.66. The fourth-order valence-corrected chi connectivity index (χ4v) is 4.27. The lowest BCUT2D eigenvalue weighted by molar-refractivity contribution is -0.580. The Morgan fingerprint density at radius 3 is 2.90 bits per heavy atom. The van der Waals surface area contributed by atoms with E-state index in [2.05, 4.69) is 9.97 Å². The van der Waals surface area contributed by atoms with Gasteiger partial charge in [0.05, 0.1) is 17.6 Å². The van der Waals surface area contributed by atoms with Crippen LogP contribution in [-0.4, -0.2) is 16.1 Å². The second-order valence-electron chi connectivity index (χ2n) is 6.95. The number of quaternary nitrogens is 1. The van der Waals surface area contributed by atoms with Crippen molar-refractivity contribution in [2.45, 2.75) is 6.61 Å². The number of rotatable bonds is 6. The van der Waals surface area contributed by atoms with Crippen molar-refractivity contribution in [3.63, 3.8) is 0 Å². The van der Waals surface area contributed by atoms with Gasteiger partial charge in [-0.25, -0.2) is 0 Å². The summed E-state index contributed by atoms with van der Waals surface area (Å²) in [7, 11) is 0. The molecular formula is C24H19N3O2S. The fourth-order valence-electron chi connectivity index (χ4n) is 3.39. The monoisotopic (exact) mass is 413 g/mol. The standard InChI is InChI=1S/C24H19N3O2S/c28-23(22-15-30-24(27-22)17-7-4-10-25-12-17)20-13-26-21-9-8-18(11-19(20)21)29-14-16-5-2-1-3-6-16/h1-13,15,26H,14,27H2. The van der Waals surface area contributed by atoms with Crippen molar-refractivity contribution in [1.29, 1.82) is 0 Å². The summed E-state index contributed by atoms with van der Waals surface area (Å²) in [5.41, 5.74) is 3.67. The average Bonchev–Trinajstić information content (AvgIpc) is 3.46. The molecule has 0 fully saturated rings. The number of carbonyl (C=O) groups excluding carboxylic acids is 1. The number of nitrogens with two attached hydrogens (primary N) is 1. The van der Waals surface area contributed by atoms with Crippen LogP contribution in [0.5, 0.6) is 5.75 Å². The van der Waals surface area contributed by atoms with Crippen molar-refractivity contribution < 1.29 is 19.8 Å². The molecule has 6 heteroatoms. The molecule has 3 heterocycles. The minimum absolute atomic E-state index is 0.00662. The van der Waals surface area contributed by atoms with E-state index in [-0.39, 0.29) is 5.78 Å². The van der Waals surface area contributed by atoms with Crippen LogP contribution in [0.3, 0.4) is 0 Å². The number of ether oxygens (including phenoxy) is 1. The first-order chi connectivity index (χ1) is 14.8. The van der Waals surface area contributed by atoms with E-state index in [0.29, 0.717) is 18.2 Å². The van der Waals surface area contributed by atoms with E-state index in [1.54, 1.807) is 23.7 Å². The lowest BCUT2D eigenvalue weighted by Crippen LogP contribution is -2.86. The number of aromatic nitrogens is 2. The van der Waals surface area contributed by atoms with Crippen molar-refractivity contribution in [3.8, 4) is 5.75 Å². The zero-order chi connectivity index (χ0) is 20.3. The number of aromatic amines is 1. The molecule has 0 bridgehead atoms. The van der Waals surface area contributed by atoms with E-state index < -0.39 is 0 Å². The molecule has 0 saturated heterocycles. The molecule has 2 aromatic carbocycles. The lowest BCUT2D eigenvalue weighted by Gasteiger charge is -2.15. The number of nitrogens with zero attached hydrogens (tertiary/aromatic N) is 1. The van der Waals surface area contributed by atoms with Gasteiger partial charge in [-0.05, 0) is 17.3 Å². The van der Waals surface area contributed by atoms with Gasteiger partial charge in [-0.15, -0.1) is 6.07 Å². The van der Waals surface area contributed by atoms with E-state index in [4.69, 9.17) is 4.74 Å². The van der Waals surface area contributed by atoms with Crippen molar-refractivity contribution in [3.05, 3.63) is 107 Å². The molecule has 0 unspecified atom stereocenters. The highest BCUT2D eigenvalue weighted by molar-refractivity contribution is 7.81. The topological polar surface area (TPSA) is 69.9 Å². The van der Waals surface area contributed by atoms with Gasteiger partial charge in [0.15, 0.2) is 16.7 Å². The van der Waals surface area contributed by atoms with Gasteiger partial charge in [0.25, 0.3) is 5.37 Å². The number of fused-ring (bicyclic) bond motifs is 1. The molecule has 5 nitrogen and oxygen atoms in total. The quantitative estimate of drug-likeness (QED) is 0.228. The first-order valence-electron chi connectivity index (χ1n) is 9.59. The molecule has 2 aromatic heterocycles. The predicted octanol–water partition coefficient (Wildman–Crippen LogP) is 2.06. The third-order valence-electron chi connectivity index (χ3n) is 4.95. The number of ketones is 1. The summed E-state index contributed by atoms with van der Waals surface area (Å²) in [6.45, 7) is 0.485. The maximum atomic E-state index is 13.2. The molecular weight excluding hydrogens is 394 g/mol. The zero-order valence-electron chi connectivity index (χ0n) is 16.0. The third-order valence-corrected chi connectivity index (χ3v) is 5.93. The Morgan fingerprint density at radius 2 is 2.07 bits per heavy atom. The van der Waals surface area contributed by atoms with Gasteiger partial charge in [-0.1, -0.05) is 71.7 Å². The molecule has 0 radical (unpaired) electrons. The van der Waals surface area contributed by atoms with Crippen molar-refractivity contribution in [2.75, 3.05) is 0 Å². The Morgan fingerprint density at radius 1 is 1.17 bits per heavy atom. The van der Waals surface area contributed by atoms with Crippen LogP contribution >= 0.6 is 0 Å². The van der Waals surface area contributed by atoms with Crippen LogP contribution in [0.25, 0.3) is 10.9 Å². The summed E-state index contributed by atoms with van der Waals surface area (Å²) in [6.07, 6.45) is 5.32. The number of pyridine rings is 1. The second-order valence-corrected chi connectivity index (χ2v) is 7.87. The Kier molecular flexibility index (Phi) is 4.93. The van der Waals surface area contributed by atoms with Crippen molar-refractivity contribution in [2.24, 2.45) is 0 Å². The molecule has 0 atom stereocenters. The number of carbonyl (C=O) groups is 1. The Hall–Kier alpha value is -3.61. The molecule has 4 aromatic rings. The number of hydrogen-bond acceptors (Lipinski definition) is 3. The molecule has 1 aliphatic rings. The van der Waals surface area contributed by atoms with Gasteiger partial charge >= 0.3 is 0 Å². The van der Waals surface area contributed by atoms with Crippen LogP contribution in [0.4, 0.5) is 0 Å². The molecule has 148 valence electrons. The van der Waals surface area contributed by atoms with Gasteiger partial charge < -0.3 is 19.8 Å². The Labute approximate surface area is 178 Å². The highest BCUT2D eigenvalue weighted by atomic mass is 32.1. The zero-order valence-corrected chi connectivity index (χ0v) is 16.9. The maximum Gasteiger partial charge on any atom is 0.277 e. The summed E-state index contributed by atoms with van der Waals surface area (Å²) < 4.78 is 5.94.